The molecule has 0 amide bonds. The molecule has 7 N–H and O–H groups in total. The third kappa shape index (κ3) is 7.43. The van der Waals surface area contributed by atoms with Crippen LogP contribution in [0.4, 0.5) is 5.82 Å². The smallest absolute Gasteiger partial charge is 0.388 e. The highest BCUT2D eigenvalue weighted by Gasteiger charge is 2.47. The number of ether oxygens (including phenoxy) is 1. The summed E-state index contributed by atoms with van der Waals surface area (Å²) in [5.41, 5.74) is 13.0. The van der Waals surface area contributed by atoms with Gasteiger partial charge in [0.15, 0.2) is 6.23 Å². The van der Waals surface area contributed by atoms with E-state index in [9.17, 15) is 28.5 Å². The van der Waals surface area contributed by atoms with Crippen LogP contribution in [0.25, 0.3) is 10.4 Å². The summed E-state index contributed by atoms with van der Waals surface area (Å²) in [4.78, 5) is 53.7. The predicted octanol–water partition coefficient (Wildman–Crippen LogP) is -0.646. The maximum Gasteiger partial charge on any atom is 0.490 e. The summed E-state index contributed by atoms with van der Waals surface area (Å²) in [6.07, 6.45) is -3.12. The first-order valence-corrected chi connectivity index (χ1v) is 12.6. The van der Waals surface area contributed by atoms with E-state index in [1.54, 1.807) is 0 Å². The Morgan fingerprint density at radius 3 is 2.47 bits per heavy atom. The van der Waals surface area contributed by atoms with E-state index in [1.165, 1.54) is 6.07 Å². The maximum absolute atomic E-state index is 12.0. The Balaban J connectivity index is 2.18. The number of azide groups is 1. The van der Waals surface area contributed by atoms with Crippen molar-refractivity contribution in [2.24, 2.45) is 11.0 Å². The summed E-state index contributed by atoms with van der Waals surface area (Å²) in [6.45, 7) is -1.35. The van der Waals surface area contributed by atoms with Crippen LogP contribution < -0.4 is 11.4 Å². The summed E-state index contributed by atoms with van der Waals surface area (Å²) < 4.78 is 51.8. The molecule has 22 heteroatoms. The van der Waals surface area contributed by atoms with Crippen molar-refractivity contribution in [2.75, 3.05) is 18.9 Å². The molecule has 6 atom stereocenters. The topological polar surface area (TPSA) is 299 Å². The number of aliphatic hydroxyl groups excluding tert-OH is 1. The number of nitrogen functional groups attached to an aromatic ring is 1. The van der Waals surface area contributed by atoms with Gasteiger partial charge in [0.05, 0.1) is 12.7 Å². The van der Waals surface area contributed by atoms with Crippen LogP contribution >= 0.6 is 23.5 Å². The van der Waals surface area contributed by atoms with E-state index in [1.807, 2.05) is 0 Å². The van der Waals surface area contributed by atoms with Gasteiger partial charge in [0.25, 0.3) is 0 Å². The van der Waals surface area contributed by atoms with E-state index in [2.05, 4.69) is 28.2 Å². The van der Waals surface area contributed by atoms with Crippen molar-refractivity contribution in [3.8, 4) is 0 Å². The normalized spacial score (nSPS) is 27.3. The first-order valence-electron chi connectivity index (χ1n) is 8.11. The molecular formula is C10H17N6O13P3. The van der Waals surface area contributed by atoms with Gasteiger partial charge in [-0.25, -0.2) is 18.5 Å². The molecule has 2 unspecified atom stereocenters. The molecule has 19 nitrogen and oxygen atoms in total. The largest absolute Gasteiger partial charge is 0.490 e. The monoisotopic (exact) mass is 522 g/mol. The number of hydrogen-bond donors (Lipinski definition) is 6. The second kappa shape index (κ2) is 10.1. The van der Waals surface area contributed by atoms with Gasteiger partial charge >= 0.3 is 29.2 Å². The zero-order chi connectivity index (χ0) is 24.3. The van der Waals surface area contributed by atoms with Gasteiger partial charge in [0, 0.05) is 23.6 Å². The molecule has 1 aliphatic heterocycles. The lowest BCUT2D eigenvalue weighted by molar-refractivity contribution is -0.0527. The van der Waals surface area contributed by atoms with Crippen LogP contribution in [0.15, 0.2) is 22.2 Å². The molecule has 32 heavy (non-hydrogen) atoms. The highest BCUT2D eigenvalue weighted by Crippen LogP contribution is 2.66. The third-order valence-corrected chi connectivity index (χ3v) is 7.62. The van der Waals surface area contributed by atoms with Crippen molar-refractivity contribution >= 4 is 29.3 Å². The van der Waals surface area contributed by atoms with Crippen LogP contribution in [0.2, 0.25) is 0 Å². The van der Waals surface area contributed by atoms with Crippen molar-refractivity contribution in [3.05, 3.63) is 33.2 Å². The second-order valence-corrected chi connectivity index (χ2v) is 10.5. The Kier molecular flexibility index (Phi) is 8.36. The van der Waals surface area contributed by atoms with E-state index in [0.717, 1.165) is 10.8 Å². The molecule has 0 aliphatic carbocycles. The molecular weight excluding hydrogens is 505 g/mol. The van der Waals surface area contributed by atoms with Crippen molar-refractivity contribution in [1.29, 1.82) is 0 Å². The quantitative estimate of drug-likeness (QED) is 0.0963. The fraction of sp³-hybridized carbons (Fsp3) is 0.600. The molecule has 0 bridgehead atoms. The molecule has 1 saturated heterocycles. The average Bonchev–Trinajstić information content (AvgIpc) is 2.91. The standard InChI is InChI=1S/C10H17N6O13P3/c11-7-1-2-16(10(18)14-7)9-8(17)5(3-13-15-12)6(27-9)4-26-31(22,23)29-32(24,25)28-30(19,20)21/h1-2,5-6,8-9,17H,3-4H2,(H,22,23)(H,24,25)(H2,11,14,18)(H2,19,20,21)/t5-,6-,8-,9-/m1/s1. The second-order valence-electron chi connectivity index (χ2n) is 6.06. The Hall–Kier alpha value is -1.68. The highest BCUT2D eigenvalue weighted by atomic mass is 31.3. The summed E-state index contributed by atoms with van der Waals surface area (Å²) in [5.74, 6) is -1.22. The molecule has 0 spiro atoms. The number of aliphatic hydroxyl groups is 1. The molecule has 1 aromatic rings. The van der Waals surface area contributed by atoms with Crippen LogP contribution in [0, 0.1) is 5.92 Å². The summed E-state index contributed by atoms with van der Waals surface area (Å²) in [6, 6.07) is 1.22. The van der Waals surface area contributed by atoms with Gasteiger partial charge in [-0.1, -0.05) is 5.11 Å². The molecule has 2 rings (SSSR count). The van der Waals surface area contributed by atoms with Crippen LogP contribution in [0.1, 0.15) is 6.23 Å². The van der Waals surface area contributed by atoms with Gasteiger partial charge in [0.2, 0.25) is 0 Å². The van der Waals surface area contributed by atoms with Gasteiger partial charge in [-0.2, -0.15) is 13.6 Å². The Morgan fingerprint density at radius 1 is 1.25 bits per heavy atom. The number of rotatable bonds is 10. The van der Waals surface area contributed by atoms with E-state index in [4.69, 9.17) is 30.7 Å². The van der Waals surface area contributed by atoms with Gasteiger partial charge in [-0.15, -0.1) is 0 Å². The van der Waals surface area contributed by atoms with E-state index < -0.39 is 66.7 Å². The minimum absolute atomic E-state index is 0.117. The van der Waals surface area contributed by atoms with Gasteiger partial charge in [-0.05, 0) is 11.6 Å². The van der Waals surface area contributed by atoms with Crippen LogP contribution in [-0.4, -0.2) is 59.6 Å². The highest BCUT2D eigenvalue weighted by molar-refractivity contribution is 7.66. The fourth-order valence-corrected chi connectivity index (χ4v) is 5.66. The van der Waals surface area contributed by atoms with Crippen molar-refractivity contribution in [1.82, 2.24) is 9.55 Å². The molecule has 0 aromatic carbocycles. The van der Waals surface area contributed by atoms with E-state index in [0.29, 0.717) is 0 Å². The Morgan fingerprint density at radius 2 is 1.91 bits per heavy atom. The van der Waals surface area contributed by atoms with Crippen molar-refractivity contribution in [2.45, 2.75) is 18.4 Å². The molecule has 1 aromatic heterocycles. The van der Waals surface area contributed by atoms with Crippen LogP contribution in [0.3, 0.4) is 0 Å². The molecule has 0 radical (unpaired) electrons. The maximum atomic E-state index is 12.0. The zero-order valence-corrected chi connectivity index (χ0v) is 18.2. The SMILES string of the molecule is [N-]=[N+]=NC[C@H]1[C@@H](O)[C@H](n2ccc(N)nc2=O)O[C@@H]1COP(=O)(O)OP(=O)(O)OP(=O)(O)O. The predicted molar refractivity (Wildman–Crippen MR) is 100 cm³/mol. The summed E-state index contributed by atoms with van der Waals surface area (Å²) >= 11 is 0. The van der Waals surface area contributed by atoms with Gasteiger partial charge in [0.1, 0.15) is 11.9 Å². The minimum atomic E-state index is -5.74. The number of aromatic nitrogens is 2. The van der Waals surface area contributed by atoms with E-state index in [-0.39, 0.29) is 5.82 Å². The number of hydrogen-bond acceptors (Lipinski definition) is 12. The molecule has 0 saturated carbocycles. The first-order chi connectivity index (χ1) is 14.6. The van der Waals surface area contributed by atoms with Crippen molar-refractivity contribution in [3.63, 3.8) is 0 Å². The molecule has 1 fully saturated rings. The fourth-order valence-electron chi connectivity index (χ4n) is 2.63. The molecule has 1 aliphatic rings. The summed E-state index contributed by atoms with van der Waals surface area (Å²) in [5, 5.41) is 13.8. The number of nitrogens with two attached hydrogens (primary N) is 1. The number of anilines is 1. The Bertz CT molecular complexity index is 1080. The van der Waals surface area contributed by atoms with Crippen LogP contribution in [-0.2, 0) is 31.6 Å². The van der Waals surface area contributed by atoms with Gasteiger partial charge < -0.3 is 35.2 Å². The lowest BCUT2D eigenvalue weighted by Crippen LogP contribution is -2.34. The number of phosphoric acid groups is 3. The zero-order valence-electron chi connectivity index (χ0n) is 15.5. The number of nitrogens with zero attached hydrogens (tertiary/aromatic N) is 5. The van der Waals surface area contributed by atoms with Crippen molar-refractivity contribution < 1.29 is 56.3 Å². The van der Waals surface area contributed by atoms with E-state index >= 15 is 0 Å². The molecule has 180 valence electrons. The van der Waals surface area contributed by atoms with Gasteiger partial charge in [-0.3, -0.25) is 9.09 Å². The first kappa shape index (κ1) is 26.6. The molecule has 2 heterocycles. The van der Waals surface area contributed by atoms with Crippen LogP contribution in [0.5, 0.6) is 0 Å². The minimum Gasteiger partial charge on any atom is -0.388 e. The lowest BCUT2D eigenvalue weighted by atomic mass is 9.98. The summed E-state index contributed by atoms with van der Waals surface area (Å²) in [7, 11) is -16.8. The lowest BCUT2D eigenvalue weighted by Gasteiger charge is -2.20. The Labute approximate surface area is 177 Å². The number of phosphoric ester groups is 1. The average molecular weight is 522 g/mol. The third-order valence-electron chi connectivity index (χ3n) is 3.82.